The molecule has 0 bridgehead atoms. The van der Waals surface area contributed by atoms with E-state index in [2.05, 4.69) is 5.32 Å². The first-order valence-electron chi connectivity index (χ1n) is 9.97. The predicted octanol–water partition coefficient (Wildman–Crippen LogP) is 2.15. The van der Waals surface area contributed by atoms with Gasteiger partial charge in [0.1, 0.15) is 0 Å². The molecule has 0 spiro atoms. The highest BCUT2D eigenvalue weighted by molar-refractivity contribution is 7.89. The van der Waals surface area contributed by atoms with E-state index in [4.69, 9.17) is 4.74 Å². The van der Waals surface area contributed by atoms with Gasteiger partial charge in [0.2, 0.25) is 15.9 Å². The van der Waals surface area contributed by atoms with E-state index in [1.54, 1.807) is 24.3 Å². The number of carbonyl (C=O) groups is 1. The molecular formula is C20H28N2O4S. The summed E-state index contributed by atoms with van der Waals surface area (Å²) in [5.41, 5.74) is 0.915. The molecule has 1 amide bonds. The van der Waals surface area contributed by atoms with Gasteiger partial charge in [-0.15, -0.1) is 0 Å². The number of rotatable bonds is 8. The van der Waals surface area contributed by atoms with Crippen molar-refractivity contribution in [2.24, 2.45) is 17.8 Å². The highest BCUT2D eigenvalue weighted by Gasteiger charge is 2.42. The Morgan fingerprint density at radius 1 is 1.07 bits per heavy atom. The number of nitrogens with one attached hydrogen (secondary N) is 1. The molecule has 1 saturated heterocycles. The molecule has 7 heteroatoms. The van der Waals surface area contributed by atoms with E-state index < -0.39 is 10.0 Å². The van der Waals surface area contributed by atoms with Crippen LogP contribution in [0.1, 0.15) is 37.7 Å². The van der Waals surface area contributed by atoms with Crippen LogP contribution in [0.5, 0.6) is 0 Å². The van der Waals surface area contributed by atoms with Gasteiger partial charge < -0.3 is 10.1 Å². The average molecular weight is 393 g/mol. The summed E-state index contributed by atoms with van der Waals surface area (Å²) in [5.74, 6) is 2.23. The van der Waals surface area contributed by atoms with Gasteiger partial charge in [-0.05, 0) is 61.1 Å². The van der Waals surface area contributed by atoms with Crippen LogP contribution < -0.4 is 5.32 Å². The maximum absolute atomic E-state index is 12.6. The van der Waals surface area contributed by atoms with Gasteiger partial charge in [-0.3, -0.25) is 4.79 Å². The molecule has 0 radical (unpaired) electrons. The van der Waals surface area contributed by atoms with Crippen LogP contribution in [0.25, 0.3) is 0 Å². The van der Waals surface area contributed by atoms with Gasteiger partial charge in [-0.1, -0.05) is 12.1 Å². The van der Waals surface area contributed by atoms with Crippen molar-refractivity contribution in [1.82, 2.24) is 9.62 Å². The Balaban J connectivity index is 1.30. The summed E-state index contributed by atoms with van der Waals surface area (Å²) in [4.78, 5) is 12.6. The van der Waals surface area contributed by atoms with E-state index in [0.717, 1.165) is 17.4 Å². The van der Waals surface area contributed by atoms with E-state index in [0.29, 0.717) is 50.1 Å². The minimum Gasteiger partial charge on any atom is -0.379 e. The third kappa shape index (κ3) is 4.70. The number of carbonyl (C=O) groups excluding carboxylic acids is 1. The van der Waals surface area contributed by atoms with Crippen molar-refractivity contribution < 1.29 is 17.9 Å². The number of benzene rings is 1. The Morgan fingerprint density at radius 3 is 2.22 bits per heavy atom. The maximum Gasteiger partial charge on any atom is 0.243 e. The number of sulfonamides is 1. The van der Waals surface area contributed by atoms with Crippen LogP contribution in [0, 0.1) is 17.8 Å². The van der Waals surface area contributed by atoms with Crippen LogP contribution in [-0.2, 0) is 26.1 Å². The number of ether oxygens (including phenoxy) is 1. The smallest absolute Gasteiger partial charge is 0.243 e. The lowest BCUT2D eigenvalue weighted by Gasteiger charge is -2.26. The zero-order chi connectivity index (χ0) is 18.9. The van der Waals surface area contributed by atoms with Gasteiger partial charge >= 0.3 is 0 Å². The number of nitrogens with zero attached hydrogens (tertiary/aromatic N) is 1. The second kappa shape index (κ2) is 7.89. The molecule has 1 aromatic carbocycles. The molecular weight excluding hydrogens is 364 g/mol. The normalized spacial score (nSPS) is 21.4. The summed E-state index contributed by atoms with van der Waals surface area (Å²) in [7, 11) is -3.47. The average Bonchev–Trinajstić information content (AvgIpc) is 3.58. The Labute approximate surface area is 161 Å². The third-order valence-electron chi connectivity index (χ3n) is 5.90. The van der Waals surface area contributed by atoms with E-state index in [9.17, 15) is 13.2 Å². The standard InChI is InChI=1S/C20H28N2O4S/c23-20(13-19(16-3-4-16)17-5-6-17)21-14-15-1-7-18(8-2-15)27(24,25)22-9-11-26-12-10-22/h1-2,7-8,16-17,19H,3-6,9-14H2,(H,21,23). The SMILES string of the molecule is O=C(CC(C1CC1)C1CC1)NCc1ccc(S(=O)(=O)N2CCOCC2)cc1. The molecule has 3 fully saturated rings. The summed E-state index contributed by atoms with van der Waals surface area (Å²) in [6.45, 7) is 2.10. The maximum atomic E-state index is 12.6. The van der Waals surface area contributed by atoms with Crippen LogP contribution in [-0.4, -0.2) is 44.9 Å². The Hall–Kier alpha value is -1.44. The molecule has 0 atom stereocenters. The quantitative estimate of drug-likeness (QED) is 0.736. The second-order valence-corrected chi connectivity index (χ2v) is 9.92. The van der Waals surface area contributed by atoms with E-state index >= 15 is 0 Å². The molecule has 1 heterocycles. The van der Waals surface area contributed by atoms with Gasteiger partial charge in [0.05, 0.1) is 18.1 Å². The first-order valence-corrected chi connectivity index (χ1v) is 11.4. The highest BCUT2D eigenvalue weighted by atomic mass is 32.2. The molecule has 2 saturated carbocycles. The molecule has 0 unspecified atom stereocenters. The van der Waals surface area contributed by atoms with Crippen LogP contribution in [0.4, 0.5) is 0 Å². The Morgan fingerprint density at radius 2 is 1.67 bits per heavy atom. The van der Waals surface area contributed by atoms with Crippen LogP contribution in [0.3, 0.4) is 0 Å². The zero-order valence-electron chi connectivity index (χ0n) is 15.6. The number of hydrogen-bond donors (Lipinski definition) is 1. The first kappa shape index (κ1) is 18.9. The summed E-state index contributed by atoms with van der Waals surface area (Å²) in [6.07, 6.45) is 5.78. The summed E-state index contributed by atoms with van der Waals surface area (Å²) in [5, 5.41) is 3.00. The largest absolute Gasteiger partial charge is 0.379 e. The van der Waals surface area contributed by atoms with E-state index in [1.165, 1.54) is 30.0 Å². The molecule has 148 valence electrons. The topological polar surface area (TPSA) is 75.7 Å². The molecule has 0 aromatic heterocycles. The third-order valence-corrected chi connectivity index (χ3v) is 7.81. The van der Waals surface area contributed by atoms with E-state index in [1.807, 2.05) is 0 Å². The number of amides is 1. The molecule has 3 aliphatic rings. The number of hydrogen-bond acceptors (Lipinski definition) is 4. The minimum atomic E-state index is -3.47. The lowest BCUT2D eigenvalue weighted by molar-refractivity contribution is -0.122. The summed E-state index contributed by atoms with van der Waals surface area (Å²) >= 11 is 0. The monoisotopic (exact) mass is 392 g/mol. The molecule has 1 aliphatic heterocycles. The van der Waals surface area contributed by atoms with Gasteiger partial charge in [-0.2, -0.15) is 4.31 Å². The van der Waals surface area contributed by atoms with Gasteiger partial charge in [0.15, 0.2) is 0 Å². The Kier molecular flexibility index (Phi) is 5.53. The lowest BCUT2D eigenvalue weighted by Crippen LogP contribution is -2.40. The van der Waals surface area contributed by atoms with Crippen molar-refractivity contribution in [2.45, 2.75) is 43.5 Å². The van der Waals surface area contributed by atoms with Crippen molar-refractivity contribution in [3.8, 4) is 0 Å². The Bertz CT molecular complexity index is 752. The fourth-order valence-corrected chi connectivity index (χ4v) is 5.38. The molecule has 1 N–H and O–H groups in total. The van der Waals surface area contributed by atoms with Crippen molar-refractivity contribution in [3.05, 3.63) is 29.8 Å². The van der Waals surface area contributed by atoms with Crippen molar-refractivity contribution in [3.63, 3.8) is 0 Å². The molecule has 27 heavy (non-hydrogen) atoms. The second-order valence-electron chi connectivity index (χ2n) is 7.98. The predicted molar refractivity (Wildman–Crippen MR) is 101 cm³/mol. The van der Waals surface area contributed by atoms with Crippen molar-refractivity contribution >= 4 is 15.9 Å². The summed E-state index contributed by atoms with van der Waals surface area (Å²) < 4.78 is 31.9. The first-order chi connectivity index (χ1) is 13.0. The number of morpholine rings is 1. The molecule has 2 aliphatic carbocycles. The highest BCUT2D eigenvalue weighted by Crippen LogP contribution is 2.50. The molecule has 4 rings (SSSR count). The van der Waals surface area contributed by atoms with Crippen LogP contribution >= 0.6 is 0 Å². The van der Waals surface area contributed by atoms with Gasteiger partial charge in [0, 0.05) is 26.1 Å². The van der Waals surface area contributed by atoms with Crippen molar-refractivity contribution in [1.29, 1.82) is 0 Å². The van der Waals surface area contributed by atoms with Crippen LogP contribution in [0.2, 0.25) is 0 Å². The van der Waals surface area contributed by atoms with Gasteiger partial charge in [0.25, 0.3) is 0 Å². The fourth-order valence-electron chi connectivity index (χ4n) is 3.97. The molecule has 6 nitrogen and oxygen atoms in total. The van der Waals surface area contributed by atoms with Crippen LogP contribution in [0.15, 0.2) is 29.2 Å². The van der Waals surface area contributed by atoms with Crippen molar-refractivity contribution in [2.75, 3.05) is 26.3 Å². The van der Waals surface area contributed by atoms with E-state index in [-0.39, 0.29) is 5.91 Å². The summed E-state index contributed by atoms with van der Waals surface area (Å²) in [6, 6.07) is 6.83. The fraction of sp³-hybridized carbons (Fsp3) is 0.650. The zero-order valence-corrected chi connectivity index (χ0v) is 16.4. The lowest BCUT2D eigenvalue weighted by atomic mass is 9.94. The van der Waals surface area contributed by atoms with Gasteiger partial charge in [-0.25, -0.2) is 8.42 Å². The molecule has 1 aromatic rings. The minimum absolute atomic E-state index is 0.115.